The van der Waals surface area contributed by atoms with Gasteiger partial charge in [-0.15, -0.1) is 0 Å². The van der Waals surface area contributed by atoms with Crippen LogP contribution in [0.25, 0.3) is 5.70 Å². The molecule has 2 aliphatic heterocycles. The Kier molecular flexibility index (Phi) is 9.39. The summed E-state index contributed by atoms with van der Waals surface area (Å²) < 4.78 is 0. The summed E-state index contributed by atoms with van der Waals surface area (Å²) >= 11 is 0. The van der Waals surface area contributed by atoms with Crippen molar-refractivity contribution in [3.8, 4) is 5.75 Å². The Balaban J connectivity index is 1.19. The Bertz CT molecular complexity index is 1240. The average Bonchev–Trinajstić information content (AvgIpc) is 3.00. The number of benzene rings is 2. The molecule has 1 aliphatic carbocycles. The molecule has 8 nitrogen and oxygen atoms in total. The molecule has 2 heterocycles. The summed E-state index contributed by atoms with van der Waals surface area (Å²) in [5.74, 6) is 1.57. The third kappa shape index (κ3) is 7.17. The van der Waals surface area contributed by atoms with Crippen molar-refractivity contribution in [3.63, 3.8) is 0 Å². The molecule has 0 aromatic heterocycles. The second kappa shape index (κ2) is 13.3. The first kappa shape index (κ1) is 28.9. The van der Waals surface area contributed by atoms with Crippen LogP contribution < -0.4 is 17.2 Å². The van der Waals surface area contributed by atoms with Crippen molar-refractivity contribution in [1.29, 1.82) is 0 Å². The molecule has 1 amide bonds. The van der Waals surface area contributed by atoms with Gasteiger partial charge in [-0.1, -0.05) is 43.5 Å². The minimum absolute atomic E-state index is 0.115. The van der Waals surface area contributed by atoms with Crippen molar-refractivity contribution in [2.75, 3.05) is 45.8 Å². The Morgan fingerprint density at radius 2 is 1.54 bits per heavy atom. The van der Waals surface area contributed by atoms with Crippen molar-refractivity contribution < 1.29 is 9.90 Å². The van der Waals surface area contributed by atoms with Crippen molar-refractivity contribution in [2.24, 2.45) is 23.1 Å². The lowest BCUT2D eigenvalue weighted by molar-refractivity contribution is 0.0606. The fourth-order valence-electron chi connectivity index (χ4n) is 6.72. The normalized spacial score (nSPS) is 21.1. The van der Waals surface area contributed by atoms with Crippen LogP contribution in [0.5, 0.6) is 5.75 Å². The molecule has 0 spiro atoms. The molecular weight excluding hydrogens is 512 g/mol. The molecule has 1 unspecified atom stereocenters. The van der Waals surface area contributed by atoms with E-state index in [9.17, 15) is 9.90 Å². The van der Waals surface area contributed by atoms with Crippen molar-refractivity contribution in [2.45, 2.75) is 50.9 Å². The van der Waals surface area contributed by atoms with Gasteiger partial charge in [-0.3, -0.25) is 9.69 Å². The second-order valence-corrected chi connectivity index (χ2v) is 12.0. The molecule has 7 N–H and O–H groups in total. The highest BCUT2D eigenvalue weighted by molar-refractivity contribution is 5.94. The fraction of sp³-hybridized carbons (Fsp3) is 0.485. The topological polar surface area (TPSA) is 125 Å². The van der Waals surface area contributed by atoms with Crippen LogP contribution >= 0.6 is 0 Å². The highest BCUT2D eigenvalue weighted by Crippen LogP contribution is 2.31. The van der Waals surface area contributed by atoms with Crippen LogP contribution in [0.3, 0.4) is 0 Å². The maximum Gasteiger partial charge on any atom is 0.253 e. The summed E-state index contributed by atoms with van der Waals surface area (Å²) in [4.78, 5) is 20.0. The summed E-state index contributed by atoms with van der Waals surface area (Å²) in [6.07, 6.45) is 10.7. The SMILES string of the molecule is NC(N)=C(/C=C(\N)c1ccccc1O)N1CCCC(c2ccc(C(=O)N3CCN(CC4CCCCC4)CC3)cc2)C1. The largest absolute Gasteiger partial charge is 0.507 e. The number of rotatable bonds is 7. The number of hydrogen-bond donors (Lipinski definition) is 4. The van der Waals surface area contributed by atoms with Gasteiger partial charge in [-0.2, -0.15) is 0 Å². The number of phenolic OH excluding ortho intramolecular Hbond substituents is 1. The van der Waals surface area contributed by atoms with Crippen molar-refractivity contribution in [3.05, 3.63) is 82.8 Å². The standard InChI is InChI=1S/C33H46N6O2/c34-29(28-10-4-5-11-31(28)40)21-30(32(35)36)39-16-6-9-27(23-39)25-12-14-26(15-13-25)33(41)38-19-17-37(18-20-38)22-24-7-2-1-3-8-24/h4-5,10-15,21,24,27,40H,1-3,6-9,16-20,22-23,34-36H2/b29-21-. The van der Waals surface area contributed by atoms with Crippen LogP contribution in [0.2, 0.25) is 0 Å². The molecule has 220 valence electrons. The summed E-state index contributed by atoms with van der Waals surface area (Å²) in [6, 6.07) is 15.1. The maximum absolute atomic E-state index is 13.3. The first-order valence-corrected chi connectivity index (χ1v) is 15.3. The molecule has 1 saturated carbocycles. The number of hydrogen-bond acceptors (Lipinski definition) is 7. The van der Waals surface area contributed by atoms with Gasteiger partial charge in [0.2, 0.25) is 0 Å². The zero-order chi connectivity index (χ0) is 28.8. The molecular formula is C33H46N6O2. The molecule has 2 saturated heterocycles. The van der Waals surface area contributed by atoms with E-state index < -0.39 is 0 Å². The van der Waals surface area contributed by atoms with Gasteiger partial charge in [-0.05, 0) is 67.5 Å². The molecule has 5 rings (SSSR count). The number of amides is 1. The zero-order valence-corrected chi connectivity index (χ0v) is 24.2. The first-order valence-electron chi connectivity index (χ1n) is 15.3. The van der Waals surface area contributed by atoms with E-state index in [0.29, 0.717) is 17.0 Å². The summed E-state index contributed by atoms with van der Waals surface area (Å²) in [5.41, 5.74) is 22.1. The Morgan fingerprint density at radius 3 is 2.22 bits per heavy atom. The van der Waals surface area contributed by atoms with Gasteiger partial charge in [0.25, 0.3) is 5.91 Å². The van der Waals surface area contributed by atoms with E-state index in [2.05, 4.69) is 21.9 Å². The van der Waals surface area contributed by atoms with Crippen LogP contribution in [0, 0.1) is 5.92 Å². The minimum Gasteiger partial charge on any atom is -0.507 e. The number of carbonyl (C=O) groups excluding carboxylic acids is 1. The van der Waals surface area contributed by atoms with E-state index in [1.165, 1.54) is 44.2 Å². The van der Waals surface area contributed by atoms with Crippen LogP contribution in [0.4, 0.5) is 0 Å². The molecule has 2 aromatic rings. The van der Waals surface area contributed by atoms with Gasteiger partial charge in [0.15, 0.2) is 0 Å². The van der Waals surface area contributed by atoms with E-state index >= 15 is 0 Å². The minimum atomic E-state index is 0.115. The predicted octanol–water partition coefficient (Wildman–Crippen LogP) is 4.00. The lowest BCUT2D eigenvalue weighted by atomic mass is 9.89. The first-order chi connectivity index (χ1) is 19.9. The van der Waals surface area contributed by atoms with Gasteiger partial charge >= 0.3 is 0 Å². The third-order valence-corrected chi connectivity index (χ3v) is 9.09. The molecule has 0 bridgehead atoms. The lowest BCUT2D eigenvalue weighted by Gasteiger charge is -2.37. The van der Waals surface area contributed by atoms with Gasteiger partial charge in [-0.25, -0.2) is 0 Å². The van der Waals surface area contributed by atoms with Crippen molar-refractivity contribution in [1.82, 2.24) is 14.7 Å². The molecule has 3 fully saturated rings. The number of piperazine rings is 1. The number of allylic oxidation sites excluding steroid dienone is 1. The number of likely N-dealkylation sites (tertiary alicyclic amines) is 1. The third-order valence-electron chi connectivity index (χ3n) is 9.09. The van der Waals surface area contributed by atoms with Crippen LogP contribution in [0.1, 0.15) is 72.3 Å². The van der Waals surface area contributed by atoms with Crippen LogP contribution in [-0.2, 0) is 0 Å². The molecule has 2 aromatic carbocycles. The second-order valence-electron chi connectivity index (χ2n) is 12.0. The van der Waals surface area contributed by atoms with Gasteiger partial charge in [0.05, 0.1) is 5.70 Å². The van der Waals surface area contributed by atoms with Gasteiger partial charge in [0, 0.05) is 68.6 Å². The quantitative estimate of drug-likeness (QED) is 0.379. The van der Waals surface area contributed by atoms with E-state index in [1.54, 1.807) is 24.3 Å². The highest BCUT2D eigenvalue weighted by atomic mass is 16.3. The summed E-state index contributed by atoms with van der Waals surface area (Å²) in [6.45, 7) is 6.31. The molecule has 0 radical (unpaired) electrons. The Hall–Kier alpha value is -3.65. The smallest absolute Gasteiger partial charge is 0.253 e. The number of aromatic hydroxyl groups is 1. The zero-order valence-electron chi connectivity index (χ0n) is 24.2. The number of piperidine rings is 1. The van der Waals surface area contributed by atoms with Gasteiger partial charge in [0.1, 0.15) is 11.6 Å². The average molecular weight is 559 g/mol. The Labute approximate surface area is 244 Å². The summed E-state index contributed by atoms with van der Waals surface area (Å²) in [7, 11) is 0. The van der Waals surface area contributed by atoms with E-state index in [-0.39, 0.29) is 23.4 Å². The van der Waals surface area contributed by atoms with Crippen molar-refractivity contribution >= 4 is 11.6 Å². The number of nitrogens with two attached hydrogens (primary N) is 3. The number of phenols is 1. The van der Waals surface area contributed by atoms with E-state index in [4.69, 9.17) is 17.2 Å². The van der Waals surface area contributed by atoms with E-state index in [0.717, 1.165) is 63.6 Å². The van der Waals surface area contributed by atoms with Crippen LogP contribution in [-0.4, -0.2) is 71.5 Å². The summed E-state index contributed by atoms with van der Waals surface area (Å²) in [5, 5.41) is 10.2. The fourth-order valence-corrected chi connectivity index (χ4v) is 6.72. The number of nitrogens with zero attached hydrogens (tertiary/aromatic N) is 3. The number of carbonyl (C=O) groups is 1. The molecule has 8 heteroatoms. The van der Waals surface area contributed by atoms with E-state index in [1.807, 2.05) is 23.1 Å². The molecule has 3 aliphatic rings. The predicted molar refractivity (Wildman–Crippen MR) is 165 cm³/mol. The lowest BCUT2D eigenvalue weighted by Crippen LogP contribution is -2.49. The molecule has 1 atom stereocenters. The maximum atomic E-state index is 13.3. The number of para-hydroxylation sites is 1. The monoisotopic (exact) mass is 558 g/mol. The van der Waals surface area contributed by atoms with Gasteiger partial charge < -0.3 is 32.1 Å². The Morgan fingerprint density at radius 1 is 0.829 bits per heavy atom. The molecule has 41 heavy (non-hydrogen) atoms. The van der Waals surface area contributed by atoms with Crippen LogP contribution in [0.15, 0.2) is 66.1 Å². The highest BCUT2D eigenvalue weighted by Gasteiger charge is 2.26.